The highest BCUT2D eigenvalue weighted by atomic mass is 32.2. The highest BCUT2D eigenvalue weighted by molar-refractivity contribution is 7.91. The summed E-state index contributed by atoms with van der Waals surface area (Å²) in [5.74, 6) is 0.876. The van der Waals surface area contributed by atoms with Gasteiger partial charge in [0, 0.05) is 18.3 Å². The molecule has 0 radical (unpaired) electrons. The zero-order valence-corrected chi connectivity index (χ0v) is 16.6. The molecule has 2 atom stereocenters. The summed E-state index contributed by atoms with van der Waals surface area (Å²) in [6.45, 7) is 0.839. The number of piperazine rings is 1. The van der Waals surface area contributed by atoms with Crippen LogP contribution in [0.2, 0.25) is 0 Å². The smallest absolute Gasteiger partial charge is 0.241 e. The second kappa shape index (κ2) is 7.56. The fourth-order valence-corrected chi connectivity index (χ4v) is 6.28. The van der Waals surface area contributed by atoms with E-state index in [0.717, 1.165) is 17.0 Å². The average molecular weight is 401 g/mol. The number of ether oxygens (including phenoxy) is 1. The molecule has 2 aromatic rings. The maximum atomic E-state index is 13.0. The van der Waals surface area contributed by atoms with Crippen LogP contribution in [0.3, 0.4) is 0 Å². The van der Waals surface area contributed by atoms with Crippen LogP contribution in [0.5, 0.6) is 5.75 Å². The summed E-state index contributed by atoms with van der Waals surface area (Å²) in [4.78, 5) is 16.7. The second-order valence-corrected chi connectivity index (χ2v) is 9.50. The monoisotopic (exact) mass is 400 g/mol. The molecule has 0 unspecified atom stereocenters. The number of hydrogen-bond acceptors (Lipinski definition) is 5. The number of carbonyl (C=O) groups excluding carboxylic acids is 1. The van der Waals surface area contributed by atoms with Gasteiger partial charge in [-0.1, -0.05) is 36.4 Å². The van der Waals surface area contributed by atoms with E-state index in [1.807, 2.05) is 59.5 Å². The molecule has 2 aliphatic rings. The summed E-state index contributed by atoms with van der Waals surface area (Å²) in [7, 11) is -1.54. The normalized spacial score (nSPS) is 24.2. The first-order chi connectivity index (χ1) is 13.5. The van der Waals surface area contributed by atoms with Crippen LogP contribution in [0.4, 0.5) is 5.69 Å². The lowest BCUT2D eigenvalue weighted by atomic mass is 10.0. The molecule has 0 N–H and O–H groups in total. The Morgan fingerprint density at radius 1 is 1.00 bits per heavy atom. The van der Waals surface area contributed by atoms with Gasteiger partial charge in [0.25, 0.3) is 0 Å². The quantitative estimate of drug-likeness (QED) is 0.765. The Morgan fingerprint density at radius 2 is 1.68 bits per heavy atom. The van der Waals surface area contributed by atoms with Crippen molar-refractivity contribution in [2.45, 2.75) is 18.5 Å². The van der Waals surface area contributed by atoms with E-state index in [2.05, 4.69) is 0 Å². The van der Waals surface area contributed by atoms with Crippen molar-refractivity contribution in [3.63, 3.8) is 0 Å². The highest BCUT2D eigenvalue weighted by Crippen LogP contribution is 2.32. The second-order valence-electron chi connectivity index (χ2n) is 7.34. The van der Waals surface area contributed by atoms with Crippen molar-refractivity contribution in [1.29, 1.82) is 0 Å². The Morgan fingerprint density at radius 3 is 2.43 bits per heavy atom. The van der Waals surface area contributed by atoms with Crippen LogP contribution in [0, 0.1) is 0 Å². The number of benzene rings is 2. The zero-order chi connectivity index (χ0) is 19.7. The first-order valence-electron chi connectivity index (χ1n) is 9.42. The van der Waals surface area contributed by atoms with Crippen molar-refractivity contribution in [2.75, 3.05) is 36.6 Å². The van der Waals surface area contributed by atoms with Crippen LogP contribution in [0.15, 0.2) is 54.6 Å². The maximum absolute atomic E-state index is 13.0. The molecule has 0 aliphatic carbocycles. The molecule has 4 rings (SSSR count). The number of carbonyl (C=O) groups is 1. The number of para-hydroxylation sites is 2. The minimum absolute atomic E-state index is 0.0173. The summed E-state index contributed by atoms with van der Waals surface area (Å²) in [5, 5.41) is 0. The van der Waals surface area contributed by atoms with Gasteiger partial charge in [0.2, 0.25) is 5.91 Å². The number of nitrogens with zero attached hydrogens (tertiary/aromatic N) is 2. The van der Waals surface area contributed by atoms with Crippen LogP contribution in [-0.2, 0) is 21.1 Å². The lowest BCUT2D eigenvalue weighted by molar-refractivity contribution is -0.123. The van der Waals surface area contributed by atoms with Gasteiger partial charge in [-0.05, 0) is 30.2 Å². The molecule has 6 nitrogen and oxygen atoms in total. The Labute approximate surface area is 165 Å². The van der Waals surface area contributed by atoms with E-state index >= 15 is 0 Å². The van der Waals surface area contributed by atoms with Gasteiger partial charge in [-0.15, -0.1) is 0 Å². The molecule has 0 spiro atoms. The molecule has 2 aromatic carbocycles. The Balaban J connectivity index is 1.58. The van der Waals surface area contributed by atoms with Gasteiger partial charge in [-0.3, -0.25) is 9.69 Å². The van der Waals surface area contributed by atoms with Crippen molar-refractivity contribution >= 4 is 21.4 Å². The van der Waals surface area contributed by atoms with Crippen LogP contribution in [-0.4, -0.2) is 63.0 Å². The van der Waals surface area contributed by atoms with Crippen molar-refractivity contribution in [3.05, 3.63) is 60.2 Å². The molecule has 2 heterocycles. The number of amides is 1. The highest BCUT2D eigenvalue weighted by Gasteiger charge is 2.49. The number of anilines is 1. The SMILES string of the molecule is COc1ccccc1CCN1CC(=O)N(c2ccccc2)[C@@H]2CS(=O)(=O)C[C@H]21. The third-order valence-electron chi connectivity index (χ3n) is 5.60. The summed E-state index contributed by atoms with van der Waals surface area (Å²) >= 11 is 0. The topological polar surface area (TPSA) is 66.9 Å². The molecular weight excluding hydrogens is 376 g/mol. The van der Waals surface area contributed by atoms with Crippen molar-refractivity contribution in [2.24, 2.45) is 0 Å². The minimum atomic E-state index is -3.18. The standard InChI is InChI=1S/C21H24N2O4S/c1-27-20-10-6-5-7-16(20)11-12-22-13-21(24)23(17-8-3-2-4-9-17)19-15-28(25,26)14-18(19)22/h2-10,18-19H,11-15H2,1H3/t18-,19-/m1/s1. The van der Waals surface area contributed by atoms with Crippen LogP contribution in [0.25, 0.3) is 0 Å². The molecule has 28 heavy (non-hydrogen) atoms. The van der Waals surface area contributed by atoms with Gasteiger partial charge in [0.15, 0.2) is 9.84 Å². The van der Waals surface area contributed by atoms with E-state index in [4.69, 9.17) is 4.74 Å². The predicted molar refractivity (Wildman–Crippen MR) is 108 cm³/mol. The van der Waals surface area contributed by atoms with Crippen molar-refractivity contribution < 1.29 is 17.9 Å². The number of methoxy groups -OCH3 is 1. The molecular formula is C21H24N2O4S. The minimum Gasteiger partial charge on any atom is -0.496 e. The fourth-order valence-electron chi connectivity index (χ4n) is 4.30. The van der Waals surface area contributed by atoms with E-state index in [-0.39, 0.29) is 36.0 Å². The molecule has 148 valence electrons. The van der Waals surface area contributed by atoms with E-state index in [1.165, 1.54) is 0 Å². The lowest BCUT2D eigenvalue weighted by Gasteiger charge is -2.43. The summed E-state index contributed by atoms with van der Waals surface area (Å²) in [6.07, 6.45) is 0.700. The first kappa shape index (κ1) is 19.0. The summed E-state index contributed by atoms with van der Waals surface area (Å²) in [5.41, 5.74) is 1.82. The van der Waals surface area contributed by atoms with E-state index < -0.39 is 9.84 Å². The maximum Gasteiger partial charge on any atom is 0.241 e. The predicted octanol–water partition coefficient (Wildman–Crippen LogP) is 1.75. The van der Waals surface area contributed by atoms with E-state index in [0.29, 0.717) is 13.0 Å². The third-order valence-corrected chi connectivity index (χ3v) is 7.30. The van der Waals surface area contributed by atoms with E-state index in [9.17, 15) is 13.2 Å². The molecule has 0 bridgehead atoms. The molecule has 2 saturated heterocycles. The average Bonchev–Trinajstić information content (AvgIpc) is 3.02. The van der Waals surface area contributed by atoms with Gasteiger partial charge in [0.1, 0.15) is 5.75 Å². The first-order valence-corrected chi connectivity index (χ1v) is 11.2. The molecule has 7 heteroatoms. The Kier molecular flexibility index (Phi) is 5.12. The van der Waals surface area contributed by atoms with Gasteiger partial charge in [0.05, 0.1) is 31.2 Å². The Hall–Kier alpha value is -2.38. The number of fused-ring (bicyclic) bond motifs is 1. The van der Waals surface area contributed by atoms with Gasteiger partial charge >= 0.3 is 0 Å². The van der Waals surface area contributed by atoms with Crippen LogP contribution < -0.4 is 9.64 Å². The molecule has 2 aliphatic heterocycles. The van der Waals surface area contributed by atoms with Crippen molar-refractivity contribution in [1.82, 2.24) is 4.90 Å². The fraction of sp³-hybridized carbons (Fsp3) is 0.381. The van der Waals surface area contributed by atoms with E-state index in [1.54, 1.807) is 12.0 Å². The van der Waals surface area contributed by atoms with Gasteiger partial charge in [-0.2, -0.15) is 0 Å². The van der Waals surface area contributed by atoms with Gasteiger partial charge < -0.3 is 9.64 Å². The molecule has 0 saturated carbocycles. The molecule has 1 amide bonds. The zero-order valence-electron chi connectivity index (χ0n) is 15.8. The Bertz CT molecular complexity index is 961. The number of rotatable bonds is 5. The largest absolute Gasteiger partial charge is 0.496 e. The van der Waals surface area contributed by atoms with Crippen molar-refractivity contribution in [3.8, 4) is 5.75 Å². The lowest BCUT2D eigenvalue weighted by Crippen LogP contribution is -2.62. The molecule has 0 aromatic heterocycles. The van der Waals surface area contributed by atoms with Gasteiger partial charge in [-0.25, -0.2) is 8.42 Å². The number of sulfone groups is 1. The molecule has 2 fully saturated rings. The van der Waals surface area contributed by atoms with Crippen LogP contribution in [0.1, 0.15) is 5.56 Å². The third kappa shape index (κ3) is 3.64. The summed E-state index contributed by atoms with van der Waals surface area (Å²) < 4.78 is 30.2. The number of hydrogen-bond donors (Lipinski definition) is 0. The van der Waals surface area contributed by atoms with Crippen LogP contribution >= 0.6 is 0 Å². The summed E-state index contributed by atoms with van der Waals surface area (Å²) in [6, 6.07) is 16.6.